The molecular formula is C35H47N5O2S. The molecule has 2 aliphatic rings. The topological polar surface area (TPSA) is 71.7 Å². The minimum absolute atomic E-state index is 0.128. The van der Waals surface area contributed by atoms with Gasteiger partial charge in [-0.15, -0.1) is 0 Å². The largest absolute Gasteiger partial charge is 0.361 e. The zero-order valence-electron chi connectivity index (χ0n) is 25.9. The summed E-state index contributed by atoms with van der Waals surface area (Å²) >= 11 is 0. The van der Waals surface area contributed by atoms with Crippen molar-refractivity contribution >= 4 is 20.9 Å². The van der Waals surface area contributed by atoms with Gasteiger partial charge in [0.1, 0.15) is 0 Å². The molecule has 0 saturated carbocycles. The summed E-state index contributed by atoms with van der Waals surface area (Å²) in [5, 5.41) is 1.25. The first kappa shape index (κ1) is 31.4. The van der Waals surface area contributed by atoms with Crippen molar-refractivity contribution in [3.63, 3.8) is 0 Å². The Balaban J connectivity index is 0.000000173. The van der Waals surface area contributed by atoms with Crippen LogP contribution in [-0.2, 0) is 16.4 Å². The second-order valence-corrected chi connectivity index (χ2v) is 14.1. The number of aromatic amines is 1. The molecule has 0 atom stereocenters. The van der Waals surface area contributed by atoms with Crippen molar-refractivity contribution in [1.29, 1.82) is 0 Å². The average Bonchev–Trinajstić information content (AvgIpc) is 3.46. The van der Waals surface area contributed by atoms with Crippen LogP contribution < -0.4 is 4.72 Å². The molecular weight excluding hydrogens is 554 g/mol. The Labute approximate surface area is 257 Å². The van der Waals surface area contributed by atoms with E-state index in [0.717, 1.165) is 50.3 Å². The number of aromatic nitrogens is 1. The van der Waals surface area contributed by atoms with Crippen LogP contribution in [0.2, 0.25) is 0 Å². The molecule has 2 N–H and O–H groups in total. The highest BCUT2D eigenvalue weighted by atomic mass is 32.2. The number of likely N-dealkylation sites (tertiary alicyclic amines) is 1. The first-order valence-electron chi connectivity index (χ1n) is 15.5. The number of benzene rings is 3. The number of sulfonamides is 1. The number of piperazine rings is 1. The molecule has 0 unspecified atom stereocenters. The zero-order chi connectivity index (χ0) is 30.2. The summed E-state index contributed by atoms with van der Waals surface area (Å²) in [6, 6.07) is 28.3. The van der Waals surface area contributed by atoms with Crippen LogP contribution in [0.3, 0.4) is 0 Å². The quantitative estimate of drug-likeness (QED) is 0.294. The van der Waals surface area contributed by atoms with Crippen LogP contribution in [0.4, 0.5) is 0 Å². The predicted octanol–water partition coefficient (Wildman–Crippen LogP) is 5.09. The molecule has 0 amide bonds. The van der Waals surface area contributed by atoms with Gasteiger partial charge in [-0.1, -0.05) is 66.7 Å². The molecule has 0 radical (unpaired) electrons. The maximum absolute atomic E-state index is 11.6. The maximum atomic E-state index is 11.6. The smallest absolute Gasteiger partial charge is 0.211 e. The van der Waals surface area contributed by atoms with Gasteiger partial charge in [-0.3, -0.25) is 4.90 Å². The molecule has 4 aromatic rings. The minimum atomic E-state index is -3.16. The third kappa shape index (κ3) is 8.34. The number of piperidine rings is 1. The van der Waals surface area contributed by atoms with E-state index in [4.69, 9.17) is 0 Å². The van der Waals surface area contributed by atoms with Crippen LogP contribution in [0.15, 0.2) is 85.1 Å². The predicted molar refractivity (Wildman–Crippen MR) is 178 cm³/mol. The Morgan fingerprint density at radius 1 is 0.814 bits per heavy atom. The molecule has 0 aliphatic carbocycles. The lowest BCUT2D eigenvalue weighted by molar-refractivity contribution is 0.127. The molecule has 3 heterocycles. The van der Waals surface area contributed by atoms with Crippen LogP contribution in [0, 0.1) is 0 Å². The number of fused-ring (bicyclic) bond motifs is 1. The molecule has 230 valence electrons. The van der Waals surface area contributed by atoms with E-state index in [-0.39, 0.29) is 5.75 Å². The summed E-state index contributed by atoms with van der Waals surface area (Å²) < 4.78 is 25.6. The van der Waals surface area contributed by atoms with E-state index in [1.54, 1.807) is 0 Å². The Morgan fingerprint density at radius 2 is 1.40 bits per heavy atom. The molecule has 2 fully saturated rings. The van der Waals surface area contributed by atoms with Crippen LogP contribution >= 0.6 is 0 Å². The lowest BCUT2D eigenvalue weighted by Gasteiger charge is -2.38. The fraction of sp³-hybridized carbons (Fsp3) is 0.429. The van der Waals surface area contributed by atoms with Crippen LogP contribution in [0.25, 0.3) is 10.9 Å². The summed E-state index contributed by atoms with van der Waals surface area (Å²) in [6.07, 6.45) is 5.04. The molecule has 0 spiro atoms. The molecule has 8 heteroatoms. The first-order valence-corrected chi connectivity index (χ1v) is 17.2. The van der Waals surface area contributed by atoms with Crippen molar-refractivity contribution in [1.82, 2.24) is 24.4 Å². The third-order valence-corrected chi connectivity index (χ3v) is 10.4. The lowest BCUT2D eigenvalue weighted by Crippen LogP contribution is -2.46. The SMILES string of the molecule is CN1CCN(C(c2ccccc2)c2ccccc2)CC1.CNS(=O)(=O)CCc1ccc2[nH]cc(C3CCN(C)CC3)c2c1. The second-order valence-electron chi connectivity index (χ2n) is 12.0. The van der Waals surface area contributed by atoms with E-state index in [9.17, 15) is 8.42 Å². The molecule has 43 heavy (non-hydrogen) atoms. The monoisotopic (exact) mass is 601 g/mol. The maximum Gasteiger partial charge on any atom is 0.211 e. The van der Waals surface area contributed by atoms with E-state index in [1.807, 2.05) is 6.07 Å². The van der Waals surface area contributed by atoms with Gasteiger partial charge in [0.2, 0.25) is 10.0 Å². The third-order valence-electron chi connectivity index (χ3n) is 9.04. The van der Waals surface area contributed by atoms with Gasteiger partial charge < -0.3 is 14.8 Å². The van der Waals surface area contributed by atoms with Gasteiger partial charge in [0.25, 0.3) is 0 Å². The molecule has 0 bridgehead atoms. The highest BCUT2D eigenvalue weighted by Gasteiger charge is 2.25. The van der Waals surface area contributed by atoms with Crippen LogP contribution in [-0.4, -0.2) is 94.3 Å². The van der Waals surface area contributed by atoms with Crippen LogP contribution in [0.1, 0.15) is 47.1 Å². The van der Waals surface area contributed by atoms with E-state index in [1.165, 1.54) is 42.0 Å². The highest BCUT2D eigenvalue weighted by molar-refractivity contribution is 7.89. The molecule has 6 rings (SSSR count). The number of nitrogens with zero attached hydrogens (tertiary/aromatic N) is 3. The Hall–Kier alpha value is -3.01. The Bertz CT molecular complexity index is 1490. The molecule has 3 aromatic carbocycles. The Kier molecular flexibility index (Phi) is 10.7. The van der Waals surface area contributed by atoms with Gasteiger partial charge in [0, 0.05) is 43.3 Å². The van der Waals surface area contributed by atoms with Gasteiger partial charge in [0.05, 0.1) is 11.8 Å². The standard InChI is InChI=1S/C18H22N2.C17H25N3O2S/c1-19-12-14-20(15-13-19)18(16-8-4-2-5-9-16)17-10-6-3-7-11-17;1-18-23(21,22)10-7-13-3-4-17-15(11-13)16(12-19-17)14-5-8-20(2)9-6-14/h2-11,18H,12-15H2,1H3;3-4,11-12,14,18-19H,5-10H2,1-2H3. The Morgan fingerprint density at radius 3 is 1.98 bits per heavy atom. The van der Waals surface area contributed by atoms with Crippen molar-refractivity contribution in [3.05, 3.63) is 107 Å². The molecule has 1 aromatic heterocycles. The van der Waals surface area contributed by atoms with E-state index in [0.29, 0.717) is 18.4 Å². The van der Waals surface area contributed by atoms with E-state index >= 15 is 0 Å². The van der Waals surface area contributed by atoms with Gasteiger partial charge in [-0.2, -0.15) is 0 Å². The molecule has 2 saturated heterocycles. The van der Waals surface area contributed by atoms with Crippen LogP contribution in [0.5, 0.6) is 0 Å². The number of hydrogen-bond donors (Lipinski definition) is 2. The molecule has 7 nitrogen and oxygen atoms in total. The van der Waals surface area contributed by atoms with Gasteiger partial charge in [-0.05, 0) is 93.8 Å². The van der Waals surface area contributed by atoms with E-state index < -0.39 is 10.0 Å². The van der Waals surface area contributed by atoms with Crippen molar-refractivity contribution in [3.8, 4) is 0 Å². The normalized spacial score (nSPS) is 17.7. The number of likely N-dealkylation sites (N-methyl/N-ethyl adjacent to an activating group) is 1. The minimum Gasteiger partial charge on any atom is -0.361 e. The highest BCUT2D eigenvalue weighted by Crippen LogP contribution is 2.33. The number of hydrogen-bond acceptors (Lipinski definition) is 5. The second kappa shape index (κ2) is 14.6. The zero-order valence-corrected chi connectivity index (χ0v) is 26.7. The summed E-state index contributed by atoms with van der Waals surface area (Å²) in [7, 11) is 2.68. The summed E-state index contributed by atoms with van der Waals surface area (Å²) in [5.41, 5.74) is 6.38. The average molecular weight is 602 g/mol. The van der Waals surface area contributed by atoms with Crippen molar-refractivity contribution in [2.75, 3.05) is 66.2 Å². The fourth-order valence-electron chi connectivity index (χ4n) is 6.32. The van der Waals surface area contributed by atoms with Gasteiger partial charge in [0.15, 0.2) is 0 Å². The van der Waals surface area contributed by atoms with E-state index in [2.05, 4.69) is 117 Å². The lowest BCUT2D eigenvalue weighted by atomic mass is 9.89. The van der Waals surface area contributed by atoms with Gasteiger partial charge >= 0.3 is 0 Å². The van der Waals surface area contributed by atoms with Gasteiger partial charge in [-0.25, -0.2) is 13.1 Å². The fourth-order valence-corrected chi connectivity index (χ4v) is 7.03. The first-order chi connectivity index (χ1) is 20.8. The number of aryl methyl sites for hydroxylation is 1. The van der Waals surface area contributed by atoms with Crippen molar-refractivity contribution in [2.45, 2.75) is 31.2 Å². The summed E-state index contributed by atoms with van der Waals surface area (Å²) in [6.45, 7) is 6.83. The summed E-state index contributed by atoms with van der Waals surface area (Å²) in [5.74, 6) is 0.722. The number of rotatable bonds is 8. The number of nitrogens with one attached hydrogen (secondary N) is 2. The summed E-state index contributed by atoms with van der Waals surface area (Å²) in [4.78, 5) is 10.7. The number of H-pyrrole nitrogens is 1. The molecule has 2 aliphatic heterocycles. The van der Waals surface area contributed by atoms with Crippen molar-refractivity contribution in [2.24, 2.45) is 0 Å². The van der Waals surface area contributed by atoms with Crippen molar-refractivity contribution < 1.29 is 8.42 Å².